The summed E-state index contributed by atoms with van der Waals surface area (Å²) in [6, 6.07) is 20.1. The highest BCUT2D eigenvalue weighted by molar-refractivity contribution is 7.80. The number of nitrogens with one attached hydrogen (secondary N) is 2. The van der Waals surface area contributed by atoms with Crippen LogP contribution in [0.15, 0.2) is 60.7 Å². The van der Waals surface area contributed by atoms with Gasteiger partial charge in [-0.05, 0) is 48.3 Å². The number of aromatic nitrogens is 2. The molecule has 0 fully saturated rings. The van der Waals surface area contributed by atoms with Crippen LogP contribution in [-0.4, -0.2) is 28.2 Å². The maximum Gasteiger partial charge on any atom is 0.234 e. The molecule has 2 aromatic carbocycles. The minimum absolute atomic E-state index is 0.422. The van der Waals surface area contributed by atoms with E-state index in [4.69, 9.17) is 21.9 Å². The van der Waals surface area contributed by atoms with Crippen molar-refractivity contribution < 1.29 is 4.74 Å². The minimum Gasteiger partial charge on any atom is -0.439 e. The molecule has 0 aliphatic carbocycles. The zero-order valence-electron chi connectivity index (χ0n) is 17.0. The van der Waals surface area contributed by atoms with E-state index in [1.165, 1.54) is 11.1 Å². The second kappa shape index (κ2) is 9.54. The van der Waals surface area contributed by atoms with Crippen molar-refractivity contribution in [1.82, 2.24) is 15.3 Å². The molecule has 2 N–H and O–H groups in total. The average Bonchev–Trinajstić information content (AvgIpc) is 2.78. The molecule has 4 rings (SSSR count). The normalized spacial score (nSPS) is 12.8. The number of para-hydroxylation sites is 1. The Balaban J connectivity index is 1.60. The molecule has 0 bridgehead atoms. The first-order valence-corrected chi connectivity index (χ1v) is 10.6. The van der Waals surface area contributed by atoms with Gasteiger partial charge in [-0.3, -0.25) is 0 Å². The van der Waals surface area contributed by atoms with Crippen LogP contribution >= 0.6 is 12.2 Å². The largest absolute Gasteiger partial charge is 0.439 e. The predicted molar refractivity (Wildman–Crippen MR) is 124 cm³/mol. The number of hydrogen-bond donors (Lipinski definition) is 2. The molecule has 7 heteroatoms. The van der Waals surface area contributed by atoms with Crippen molar-refractivity contribution in [2.24, 2.45) is 0 Å². The summed E-state index contributed by atoms with van der Waals surface area (Å²) in [5.41, 5.74) is 2.72. The lowest BCUT2D eigenvalue weighted by Gasteiger charge is -2.30. The second-order valence-electron chi connectivity index (χ2n) is 7.12. The van der Waals surface area contributed by atoms with Gasteiger partial charge in [0.05, 0.1) is 0 Å². The van der Waals surface area contributed by atoms with Gasteiger partial charge in [-0.15, -0.1) is 0 Å². The molecule has 0 spiro atoms. The second-order valence-corrected chi connectivity index (χ2v) is 7.53. The summed E-state index contributed by atoms with van der Waals surface area (Å²) in [7, 11) is 0. The van der Waals surface area contributed by atoms with Gasteiger partial charge in [-0.2, -0.15) is 9.97 Å². The van der Waals surface area contributed by atoms with Crippen molar-refractivity contribution in [2.45, 2.75) is 26.3 Å². The maximum atomic E-state index is 6.00. The van der Waals surface area contributed by atoms with Crippen molar-refractivity contribution >= 4 is 29.1 Å². The number of rotatable bonds is 6. The minimum atomic E-state index is 0.422. The fourth-order valence-corrected chi connectivity index (χ4v) is 3.56. The fraction of sp³-hybridized carbons (Fsp3) is 0.261. The van der Waals surface area contributed by atoms with Gasteiger partial charge in [0.2, 0.25) is 11.8 Å². The Morgan fingerprint density at radius 3 is 2.63 bits per heavy atom. The molecular weight excluding hydrogens is 394 g/mol. The van der Waals surface area contributed by atoms with E-state index in [9.17, 15) is 0 Å². The lowest BCUT2D eigenvalue weighted by molar-refractivity contribution is 0.462. The van der Waals surface area contributed by atoms with Crippen LogP contribution in [-0.2, 0) is 13.0 Å². The summed E-state index contributed by atoms with van der Waals surface area (Å²) in [6.07, 6.45) is 1.96. The lowest BCUT2D eigenvalue weighted by Crippen LogP contribution is -2.32. The van der Waals surface area contributed by atoms with Crippen LogP contribution < -0.4 is 20.3 Å². The Morgan fingerprint density at radius 1 is 1.07 bits per heavy atom. The number of thiocarbonyl (C=S) groups is 1. The summed E-state index contributed by atoms with van der Waals surface area (Å²) >= 11 is 5.37. The van der Waals surface area contributed by atoms with Gasteiger partial charge in [0, 0.05) is 25.7 Å². The molecule has 0 saturated carbocycles. The first-order valence-electron chi connectivity index (χ1n) is 10.2. The number of anilines is 2. The quantitative estimate of drug-likeness (QED) is 0.569. The zero-order valence-corrected chi connectivity index (χ0v) is 17.8. The molecule has 2 heterocycles. The fourth-order valence-electron chi connectivity index (χ4n) is 3.37. The van der Waals surface area contributed by atoms with E-state index in [0.29, 0.717) is 16.9 Å². The third kappa shape index (κ3) is 5.04. The van der Waals surface area contributed by atoms with Crippen molar-refractivity contribution in [3.8, 4) is 11.6 Å². The van der Waals surface area contributed by atoms with Gasteiger partial charge in [0.1, 0.15) is 11.6 Å². The van der Waals surface area contributed by atoms with Crippen molar-refractivity contribution in [2.75, 3.05) is 23.3 Å². The van der Waals surface area contributed by atoms with Crippen LogP contribution in [0.4, 0.5) is 11.8 Å². The standard InChI is InChI=1S/C23H25N5OS/c1-2-13-24-23(30)27-22-25-20(15-21(26-22)29-19-10-4-3-5-11-19)28-14-12-17-8-6-7-9-18(17)16-28/h3-11,15H,2,12-14,16H2,1H3,(H2,24,25,26,27,30). The molecule has 1 aliphatic rings. The highest BCUT2D eigenvalue weighted by atomic mass is 32.1. The monoisotopic (exact) mass is 419 g/mol. The first kappa shape index (κ1) is 20.1. The van der Waals surface area contributed by atoms with Crippen LogP contribution in [0, 0.1) is 0 Å². The van der Waals surface area contributed by atoms with E-state index >= 15 is 0 Å². The number of nitrogens with zero attached hydrogens (tertiary/aromatic N) is 3. The summed E-state index contributed by atoms with van der Waals surface area (Å²) in [4.78, 5) is 11.5. The molecule has 30 heavy (non-hydrogen) atoms. The van der Waals surface area contributed by atoms with E-state index in [-0.39, 0.29) is 0 Å². The lowest BCUT2D eigenvalue weighted by atomic mass is 10.00. The molecule has 1 aliphatic heterocycles. The van der Waals surface area contributed by atoms with Gasteiger partial charge in [0.25, 0.3) is 0 Å². The zero-order chi connectivity index (χ0) is 20.8. The van der Waals surface area contributed by atoms with Crippen molar-refractivity contribution in [3.63, 3.8) is 0 Å². The van der Waals surface area contributed by atoms with Crippen LogP contribution in [0.1, 0.15) is 24.5 Å². The Morgan fingerprint density at radius 2 is 1.83 bits per heavy atom. The van der Waals surface area contributed by atoms with Gasteiger partial charge < -0.3 is 20.3 Å². The van der Waals surface area contributed by atoms with E-state index < -0.39 is 0 Å². The molecule has 0 amide bonds. The average molecular weight is 420 g/mol. The molecule has 3 aromatic rings. The van der Waals surface area contributed by atoms with Crippen LogP contribution in [0.2, 0.25) is 0 Å². The number of hydrogen-bond acceptors (Lipinski definition) is 5. The molecule has 1 aromatic heterocycles. The summed E-state index contributed by atoms with van der Waals surface area (Å²) in [5.74, 6) is 2.44. The van der Waals surface area contributed by atoms with Crippen molar-refractivity contribution in [3.05, 3.63) is 71.8 Å². The maximum absolute atomic E-state index is 6.00. The number of benzene rings is 2. The Bertz CT molecular complexity index is 1010. The molecular formula is C23H25N5OS. The van der Waals surface area contributed by atoms with Crippen LogP contribution in [0.3, 0.4) is 0 Å². The third-order valence-corrected chi connectivity index (χ3v) is 5.12. The van der Waals surface area contributed by atoms with E-state index in [1.54, 1.807) is 0 Å². The predicted octanol–water partition coefficient (Wildman–Crippen LogP) is 4.53. The number of ether oxygens (including phenoxy) is 1. The highest BCUT2D eigenvalue weighted by Crippen LogP contribution is 2.28. The topological polar surface area (TPSA) is 62.3 Å². The highest BCUT2D eigenvalue weighted by Gasteiger charge is 2.19. The van der Waals surface area contributed by atoms with Gasteiger partial charge in [-0.25, -0.2) is 0 Å². The summed E-state index contributed by atoms with van der Waals surface area (Å²) in [5, 5.41) is 6.74. The molecule has 0 unspecified atom stereocenters. The Labute approximate surface area is 182 Å². The van der Waals surface area contributed by atoms with Crippen LogP contribution in [0.5, 0.6) is 11.6 Å². The Kier molecular flexibility index (Phi) is 6.39. The molecule has 154 valence electrons. The molecule has 0 saturated heterocycles. The van der Waals surface area contributed by atoms with E-state index in [2.05, 4.69) is 51.7 Å². The van der Waals surface area contributed by atoms with E-state index in [0.717, 1.165) is 44.0 Å². The first-order chi connectivity index (χ1) is 14.7. The SMILES string of the molecule is CCCNC(=S)Nc1nc(Oc2ccccc2)cc(N2CCc3ccccc3C2)n1. The smallest absolute Gasteiger partial charge is 0.234 e. The van der Waals surface area contributed by atoms with Gasteiger partial charge >= 0.3 is 0 Å². The molecule has 0 radical (unpaired) electrons. The summed E-state index contributed by atoms with van der Waals surface area (Å²) in [6.45, 7) is 4.57. The molecule has 0 atom stereocenters. The van der Waals surface area contributed by atoms with Gasteiger partial charge in [-0.1, -0.05) is 49.4 Å². The third-order valence-electron chi connectivity index (χ3n) is 4.87. The molecule has 6 nitrogen and oxygen atoms in total. The van der Waals surface area contributed by atoms with E-state index in [1.807, 2.05) is 36.4 Å². The van der Waals surface area contributed by atoms with Crippen LogP contribution in [0.25, 0.3) is 0 Å². The van der Waals surface area contributed by atoms with Crippen molar-refractivity contribution in [1.29, 1.82) is 0 Å². The Hall–Kier alpha value is -3.19. The van der Waals surface area contributed by atoms with Gasteiger partial charge in [0.15, 0.2) is 5.11 Å². The summed E-state index contributed by atoms with van der Waals surface area (Å²) < 4.78 is 6.00. The number of fused-ring (bicyclic) bond motifs is 1.